The van der Waals surface area contributed by atoms with Crippen molar-refractivity contribution < 1.29 is 9.31 Å². The summed E-state index contributed by atoms with van der Waals surface area (Å²) in [7, 11) is 0. The molecule has 0 aliphatic rings. The number of nitrogens with one attached hydrogen (secondary N) is 1. The maximum absolute atomic E-state index is 13.4. The SMILES string of the molecule is O=[N+]([O-])c1ccc(CNc2ccccc2Br)cc1F. The van der Waals surface area contributed by atoms with Crippen molar-refractivity contribution in [1.29, 1.82) is 0 Å². The summed E-state index contributed by atoms with van der Waals surface area (Å²) in [6.45, 7) is 0.386. The van der Waals surface area contributed by atoms with E-state index in [4.69, 9.17) is 0 Å². The van der Waals surface area contributed by atoms with Crippen LogP contribution in [0.3, 0.4) is 0 Å². The Labute approximate surface area is 117 Å². The van der Waals surface area contributed by atoms with Gasteiger partial charge in [0.05, 0.1) is 4.92 Å². The fraction of sp³-hybridized carbons (Fsp3) is 0.0769. The second-order valence-corrected chi connectivity index (χ2v) is 4.73. The van der Waals surface area contributed by atoms with E-state index < -0.39 is 16.4 Å². The average molecular weight is 325 g/mol. The zero-order valence-corrected chi connectivity index (χ0v) is 11.4. The van der Waals surface area contributed by atoms with Crippen molar-refractivity contribution in [1.82, 2.24) is 0 Å². The second-order valence-electron chi connectivity index (χ2n) is 3.88. The van der Waals surface area contributed by atoms with Crippen LogP contribution in [0.2, 0.25) is 0 Å². The number of nitrogens with zero attached hydrogens (tertiary/aromatic N) is 1. The summed E-state index contributed by atoms with van der Waals surface area (Å²) in [5.74, 6) is -0.823. The van der Waals surface area contributed by atoms with Gasteiger partial charge in [0, 0.05) is 22.8 Å². The third-order valence-electron chi connectivity index (χ3n) is 2.57. The lowest BCUT2D eigenvalue weighted by Crippen LogP contribution is -2.01. The van der Waals surface area contributed by atoms with Crippen LogP contribution in [0.4, 0.5) is 15.8 Å². The van der Waals surface area contributed by atoms with E-state index in [-0.39, 0.29) is 0 Å². The molecule has 0 atom stereocenters. The molecule has 0 amide bonds. The van der Waals surface area contributed by atoms with Gasteiger partial charge in [0.15, 0.2) is 0 Å². The molecule has 2 aromatic carbocycles. The minimum Gasteiger partial charge on any atom is -0.380 e. The molecule has 0 heterocycles. The zero-order chi connectivity index (χ0) is 13.8. The smallest absolute Gasteiger partial charge is 0.304 e. The Kier molecular flexibility index (Phi) is 4.11. The molecule has 19 heavy (non-hydrogen) atoms. The second kappa shape index (κ2) is 5.79. The molecule has 0 aliphatic carbocycles. The van der Waals surface area contributed by atoms with Crippen LogP contribution in [0.5, 0.6) is 0 Å². The van der Waals surface area contributed by atoms with Crippen LogP contribution in [0.15, 0.2) is 46.9 Å². The first-order valence-electron chi connectivity index (χ1n) is 5.49. The first kappa shape index (κ1) is 13.5. The molecule has 0 bridgehead atoms. The summed E-state index contributed by atoms with van der Waals surface area (Å²) in [6, 6.07) is 11.4. The molecule has 0 fully saturated rings. The van der Waals surface area contributed by atoms with Crippen LogP contribution in [0, 0.1) is 15.9 Å². The molecule has 2 aromatic rings. The van der Waals surface area contributed by atoms with Crippen LogP contribution in [0.25, 0.3) is 0 Å². The summed E-state index contributed by atoms with van der Waals surface area (Å²) in [5, 5.41) is 13.6. The molecule has 0 aromatic heterocycles. The summed E-state index contributed by atoms with van der Waals surface area (Å²) in [6.07, 6.45) is 0. The van der Waals surface area contributed by atoms with Crippen molar-refractivity contribution in [3.63, 3.8) is 0 Å². The van der Waals surface area contributed by atoms with Crippen molar-refractivity contribution in [2.24, 2.45) is 0 Å². The van der Waals surface area contributed by atoms with E-state index >= 15 is 0 Å². The van der Waals surface area contributed by atoms with E-state index in [0.717, 1.165) is 10.2 Å². The minimum absolute atomic E-state index is 0.386. The Balaban J connectivity index is 2.11. The quantitative estimate of drug-likeness (QED) is 0.680. The number of anilines is 1. The lowest BCUT2D eigenvalue weighted by molar-refractivity contribution is -0.387. The normalized spacial score (nSPS) is 10.2. The Morgan fingerprint density at radius 3 is 2.63 bits per heavy atom. The minimum atomic E-state index is -0.823. The van der Waals surface area contributed by atoms with Crippen molar-refractivity contribution in [3.8, 4) is 0 Å². The largest absolute Gasteiger partial charge is 0.380 e. The van der Waals surface area contributed by atoms with Gasteiger partial charge in [-0.3, -0.25) is 10.1 Å². The van der Waals surface area contributed by atoms with E-state index in [1.807, 2.05) is 24.3 Å². The summed E-state index contributed by atoms with van der Waals surface area (Å²) < 4.78 is 14.3. The third kappa shape index (κ3) is 3.29. The van der Waals surface area contributed by atoms with Gasteiger partial charge < -0.3 is 5.32 Å². The Hall–Kier alpha value is -1.95. The predicted octanol–water partition coefficient (Wildman–Crippen LogP) is 4.11. The monoisotopic (exact) mass is 324 g/mol. The van der Waals surface area contributed by atoms with Gasteiger partial charge in [-0.1, -0.05) is 18.2 Å². The lowest BCUT2D eigenvalue weighted by atomic mass is 10.2. The van der Waals surface area contributed by atoms with E-state index in [1.165, 1.54) is 18.2 Å². The van der Waals surface area contributed by atoms with Crippen LogP contribution in [-0.4, -0.2) is 4.92 Å². The van der Waals surface area contributed by atoms with E-state index in [9.17, 15) is 14.5 Å². The van der Waals surface area contributed by atoms with Gasteiger partial charge in [-0.25, -0.2) is 0 Å². The van der Waals surface area contributed by atoms with Crippen molar-refractivity contribution in [3.05, 3.63) is 68.4 Å². The molecule has 98 valence electrons. The van der Waals surface area contributed by atoms with Crippen molar-refractivity contribution in [2.75, 3.05) is 5.32 Å². The molecule has 0 saturated heterocycles. The molecule has 4 nitrogen and oxygen atoms in total. The van der Waals surface area contributed by atoms with Crippen LogP contribution < -0.4 is 5.32 Å². The van der Waals surface area contributed by atoms with E-state index in [1.54, 1.807) is 0 Å². The maximum Gasteiger partial charge on any atom is 0.304 e. The molecule has 0 unspecified atom stereocenters. The number of nitro benzene ring substituents is 1. The number of hydrogen-bond donors (Lipinski definition) is 1. The lowest BCUT2D eigenvalue weighted by Gasteiger charge is -2.08. The topological polar surface area (TPSA) is 55.2 Å². The predicted molar refractivity (Wildman–Crippen MR) is 74.5 cm³/mol. The Morgan fingerprint density at radius 1 is 1.26 bits per heavy atom. The van der Waals surface area contributed by atoms with E-state index in [0.29, 0.717) is 12.1 Å². The summed E-state index contributed by atoms with van der Waals surface area (Å²) >= 11 is 3.39. The third-order valence-corrected chi connectivity index (χ3v) is 3.26. The van der Waals surface area contributed by atoms with Gasteiger partial charge in [0.1, 0.15) is 0 Å². The highest BCUT2D eigenvalue weighted by Gasteiger charge is 2.13. The van der Waals surface area contributed by atoms with Crippen molar-refractivity contribution in [2.45, 2.75) is 6.54 Å². The fourth-order valence-corrected chi connectivity index (χ4v) is 2.04. The summed E-state index contributed by atoms with van der Waals surface area (Å²) in [5.41, 5.74) is 1.00. The van der Waals surface area contributed by atoms with Gasteiger partial charge in [0.2, 0.25) is 5.82 Å². The van der Waals surface area contributed by atoms with Gasteiger partial charge in [-0.05, 0) is 39.7 Å². The highest BCUT2D eigenvalue weighted by atomic mass is 79.9. The molecule has 6 heteroatoms. The number of para-hydroxylation sites is 1. The molecule has 2 rings (SSSR count). The molecule has 0 radical (unpaired) electrons. The van der Waals surface area contributed by atoms with Gasteiger partial charge in [-0.15, -0.1) is 0 Å². The first-order chi connectivity index (χ1) is 9.08. The van der Waals surface area contributed by atoms with Crippen LogP contribution in [-0.2, 0) is 6.54 Å². The fourth-order valence-electron chi connectivity index (χ4n) is 1.61. The van der Waals surface area contributed by atoms with Crippen molar-refractivity contribution >= 4 is 27.3 Å². The Morgan fingerprint density at radius 2 is 2.00 bits per heavy atom. The molecule has 1 N–H and O–H groups in total. The first-order valence-corrected chi connectivity index (χ1v) is 6.28. The van der Waals surface area contributed by atoms with Crippen LogP contribution >= 0.6 is 15.9 Å². The highest BCUT2D eigenvalue weighted by molar-refractivity contribution is 9.10. The maximum atomic E-state index is 13.4. The van der Waals surface area contributed by atoms with Gasteiger partial charge in [-0.2, -0.15) is 4.39 Å². The number of benzene rings is 2. The number of hydrogen-bond acceptors (Lipinski definition) is 3. The molecule has 0 aliphatic heterocycles. The molecule has 0 saturated carbocycles. The average Bonchev–Trinajstić information content (AvgIpc) is 2.37. The highest BCUT2D eigenvalue weighted by Crippen LogP contribution is 2.23. The summed E-state index contributed by atoms with van der Waals surface area (Å²) in [4.78, 5) is 9.77. The Bertz CT molecular complexity index is 619. The van der Waals surface area contributed by atoms with Gasteiger partial charge >= 0.3 is 5.69 Å². The van der Waals surface area contributed by atoms with Gasteiger partial charge in [0.25, 0.3) is 0 Å². The number of halogens is 2. The molecule has 0 spiro atoms. The number of nitro groups is 1. The molecular weight excluding hydrogens is 315 g/mol. The number of rotatable bonds is 4. The van der Waals surface area contributed by atoms with E-state index in [2.05, 4.69) is 21.2 Å². The standard InChI is InChI=1S/C13H10BrFN2O2/c14-10-3-1-2-4-12(10)16-8-9-5-6-13(17(18)19)11(15)7-9/h1-7,16H,8H2. The van der Waals surface area contributed by atoms with Crippen LogP contribution in [0.1, 0.15) is 5.56 Å². The zero-order valence-electron chi connectivity index (χ0n) is 9.77. The molecular formula is C13H10BrFN2O2.